The molecule has 1 N–H and O–H groups in total. The van der Waals surface area contributed by atoms with Crippen molar-refractivity contribution in [3.63, 3.8) is 0 Å². The van der Waals surface area contributed by atoms with E-state index in [1.165, 1.54) is 5.56 Å². The van der Waals surface area contributed by atoms with Crippen LogP contribution in [0.25, 0.3) is 0 Å². The van der Waals surface area contributed by atoms with Crippen molar-refractivity contribution >= 4 is 0 Å². The van der Waals surface area contributed by atoms with Crippen molar-refractivity contribution in [1.29, 1.82) is 0 Å². The Bertz CT molecular complexity index is 550. The SMILES string of the molecule is Cc1noc(C)c1CN1C[C@H]2C[C@@H](N3CCOCC3)[C@H](O)C[C@H]2C1. The fourth-order valence-corrected chi connectivity index (χ4v) is 4.89. The number of hydrogen-bond acceptors (Lipinski definition) is 6. The second kappa shape index (κ2) is 6.75. The van der Waals surface area contributed by atoms with Crippen LogP contribution in [-0.2, 0) is 11.3 Å². The first-order valence-corrected chi connectivity index (χ1v) is 9.25. The van der Waals surface area contributed by atoms with Gasteiger partial charge in [-0.2, -0.15) is 0 Å². The van der Waals surface area contributed by atoms with Gasteiger partial charge < -0.3 is 14.4 Å². The summed E-state index contributed by atoms with van der Waals surface area (Å²) in [6.07, 6.45) is 1.86. The molecule has 3 heterocycles. The zero-order chi connectivity index (χ0) is 16.7. The number of aryl methyl sites for hydroxylation is 2. The topological polar surface area (TPSA) is 62.0 Å². The van der Waals surface area contributed by atoms with Crippen LogP contribution in [0.3, 0.4) is 0 Å². The summed E-state index contributed by atoms with van der Waals surface area (Å²) in [5.74, 6) is 2.26. The van der Waals surface area contributed by atoms with Crippen LogP contribution >= 0.6 is 0 Å². The molecule has 1 aliphatic carbocycles. The average molecular weight is 335 g/mol. The third-order valence-electron chi connectivity index (χ3n) is 6.26. The van der Waals surface area contributed by atoms with Crippen molar-refractivity contribution in [3.05, 3.63) is 17.0 Å². The fraction of sp³-hybridized carbons (Fsp3) is 0.833. The number of hydrogen-bond donors (Lipinski definition) is 1. The number of aliphatic hydroxyl groups is 1. The summed E-state index contributed by atoms with van der Waals surface area (Å²) in [5.41, 5.74) is 2.24. The van der Waals surface area contributed by atoms with Gasteiger partial charge in [0.25, 0.3) is 0 Å². The zero-order valence-electron chi connectivity index (χ0n) is 14.8. The van der Waals surface area contributed by atoms with Crippen LogP contribution in [0.4, 0.5) is 0 Å². The summed E-state index contributed by atoms with van der Waals surface area (Å²) in [7, 11) is 0. The number of rotatable bonds is 3. The number of nitrogens with zero attached hydrogens (tertiary/aromatic N) is 3. The van der Waals surface area contributed by atoms with E-state index in [1.54, 1.807) is 0 Å². The summed E-state index contributed by atoms with van der Waals surface area (Å²) in [4.78, 5) is 4.97. The maximum absolute atomic E-state index is 10.7. The Hall–Kier alpha value is -0.950. The van der Waals surface area contributed by atoms with Gasteiger partial charge in [-0.15, -0.1) is 0 Å². The first kappa shape index (κ1) is 16.5. The molecule has 6 heteroatoms. The summed E-state index contributed by atoms with van der Waals surface area (Å²) >= 11 is 0. The molecule has 1 aromatic rings. The van der Waals surface area contributed by atoms with Gasteiger partial charge in [-0.25, -0.2) is 0 Å². The minimum absolute atomic E-state index is 0.191. The lowest BCUT2D eigenvalue weighted by molar-refractivity contribution is -0.0520. The van der Waals surface area contributed by atoms with Gasteiger partial charge in [-0.05, 0) is 38.5 Å². The van der Waals surface area contributed by atoms with Gasteiger partial charge in [-0.3, -0.25) is 9.80 Å². The van der Waals surface area contributed by atoms with Gasteiger partial charge in [0.05, 0.1) is 25.0 Å². The van der Waals surface area contributed by atoms with Crippen LogP contribution in [-0.4, -0.2) is 71.6 Å². The van der Waals surface area contributed by atoms with Crippen LogP contribution in [0.15, 0.2) is 4.52 Å². The molecule has 0 unspecified atom stereocenters. The van der Waals surface area contributed by atoms with E-state index in [-0.39, 0.29) is 6.10 Å². The number of morpholine rings is 1. The molecule has 4 rings (SSSR count). The second-order valence-electron chi connectivity index (χ2n) is 7.77. The Morgan fingerprint density at radius 3 is 2.50 bits per heavy atom. The molecule has 4 atom stereocenters. The van der Waals surface area contributed by atoms with Gasteiger partial charge in [0.1, 0.15) is 5.76 Å². The third kappa shape index (κ3) is 3.12. The molecule has 0 radical (unpaired) electrons. The summed E-state index contributed by atoms with van der Waals surface area (Å²) in [5, 5.41) is 14.7. The van der Waals surface area contributed by atoms with E-state index in [0.29, 0.717) is 17.9 Å². The van der Waals surface area contributed by atoms with E-state index >= 15 is 0 Å². The Labute approximate surface area is 143 Å². The highest BCUT2D eigenvalue weighted by atomic mass is 16.5. The highest BCUT2D eigenvalue weighted by Crippen LogP contribution is 2.39. The van der Waals surface area contributed by atoms with Crippen LogP contribution in [0.5, 0.6) is 0 Å². The van der Waals surface area contributed by atoms with E-state index in [0.717, 1.165) is 70.2 Å². The molecule has 2 aliphatic heterocycles. The van der Waals surface area contributed by atoms with Crippen molar-refractivity contribution in [3.8, 4) is 0 Å². The van der Waals surface area contributed by atoms with E-state index in [2.05, 4.69) is 15.0 Å². The summed E-state index contributed by atoms with van der Waals surface area (Å²) in [6.45, 7) is 10.7. The summed E-state index contributed by atoms with van der Waals surface area (Å²) < 4.78 is 10.8. The molecular formula is C18H29N3O3. The minimum Gasteiger partial charge on any atom is -0.391 e. The van der Waals surface area contributed by atoms with Crippen LogP contribution in [0, 0.1) is 25.7 Å². The van der Waals surface area contributed by atoms with Crippen LogP contribution < -0.4 is 0 Å². The normalized spacial score (nSPS) is 35.3. The first-order chi connectivity index (χ1) is 11.6. The Balaban J connectivity index is 1.40. The molecule has 1 aromatic heterocycles. The molecule has 0 bridgehead atoms. The Kier molecular flexibility index (Phi) is 4.64. The van der Waals surface area contributed by atoms with Crippen molar-refractivity contribution < 1.29 is 14.4 Å². The van der Waals surface area contributed by atoms with Crippen molar-refractivity contribution in [2.75, 3.05) is 39.4 Å². The molecule has 0 spiro atoms. The maximum Gasteiger partial charge on any atom is 0.138 e. The molecule has 0 aromatic carbocycles. The lowest BCUT2D eigenvalue weighted by Gasteiger charge is -2.43. The van der Waals surface area contributed by atoms with Gasteiger partial charge in [0, 0.05) is 44.3 Å². The molecule has 3 aliphatic rings. The number of aliphatic hydroxyl groups excluding tert-OH is 1. The molecule has 24 heavy (non-hydrogen) atoms. The third-order valence-corrected chi connectivity index (χ3v) is 6.26. The molecule has 1 saturated carbocycles. The Morgan fingerprint density at radius 1 is 1.12 bits per heavy atom. The highest BCUT2D eigenvalue weighted by molar-refractivity contribution is 5.20. The lowest BCUT2D eigenvalue weighted by atomic mass is 9.77. The van der Waals surface area contributed by atoms with Crippen LogP contribution in [0.1, 0.15) is 29.9 Å². The summed E-state index contributed by atoms with van der Waals surface area (Å²) in [6, 6.07) is 0.314. The van der Waals surface area contributed by atoms with Gasteiger partial charge in [-0.1, -0.05) is 5.16 Å². The predicted molar refractivity (Wildman–Crippen MR) is 89.7 cm³/mol. The van der Waals surface area contributed by atoms with Crippen molar-refractivity contribution in [2.24, 2.45) is 11.8 Å². The van der Waals surface area contributed by atoms with Gasteiger partial charge in [0.2, 0.25) is 0 Å². The van der Waals surface area contributed by atoms with E-state index in [9.17, 15) is 5.11 Å². The van der Waals surface area contributed by atoms with Crippen LogP contribution in [0.2, 0.25) is 0 Å². The predicted octanol–water partition coefficient (Wildman–Crippen LogP) is 1.19. The largest absolute Gasteiger partial charge is 0.391 e. The fourth-order valence-electron chi connectivity index (χ4n) is 4.89. The van der Waals surface area contributed by atoms with Crippen molar-refractivity contribution in [2.45, 2.75) is 45.4 Å². The smallest absolute Gasteiger partial charge is 0.138 e. The van der Waals surface area contributed by atoms with Crippen molar-refractivity contribution in [1.82, 2.24) is 15.0 Å². The monoisotopic (exact) mass is 335 g/mol. The first-order valence-electron chi connectivity index (χ1n) is 9.25. The number of ether oxygens (including phenoxy) is 1. The molecule has 6 nitrogen and oxygen atoms in total. The zero-order valence-corrected chi connectivity index (χ0v) is 14.8. The Morgan fingerprint density at radius 2 is 1.83 bits per heavy atom. The number of aromatic nitrogens is 1. The lowest BCUT2D eigenvalue weighted by Crippen LogP contribution is -2.53. The minimum atomic E-state index is -0.191. The molecule has 3 fully saturated rings. The van der Waals surface area contributed by atoms with E-state index in [4.69, 9.17) is 9.26 Å². The standard InChI is InChI=1S/C18H29N3O3/c1-12-16(13(2)24-19-12)11-20-9-14-7-17(18(22)8-15(14)10-20)21-3-5-23-6-4-21/h14-15,17-18,22H,3-11H2,1-2H3/t14-,15+,17-,18-/m1/s1. The second-order valence-corrected chi connectivity index (χ2v) is 7.77. The molecular weight excluding hydrogens is 306 g/mol. The molecule has 0 amide bonds. The highest BCUT2D eigenvalue weighted by Gasteiger charge is 2.43. The maximum atomic E-state index is 10.7. The van der Waals surface area contributed by atoms with Gasteiger partial charge >= 0.3 is 0 Å². The number of fused-ring (bicyclic) bond motifs is 1. The van der Waals surface area contributed by atoms with E-state index < -0.39 is 0 Å². The van der Waals surface area contributed by atoms with Gasteiger partial charge in [0.15, 0.2) is 0 Å². The molecule has 134 valence electrons. The number of likely N-dealkylation sites (tertiary alicyclic amines) is 1. The quantitative estimate of drug-likeness (QED) is 0.895. The average Bonchev–Trinajstić information content (AvgIpc) is 3.12. The molecule has 2 saturated heterocycles. The van der Waals surface area contributed by atoms with E-state index in [1.807, 2.05) is 13.8 Å².